The second-order valence-corrected chi connectivity index (χ2v) is 8.04. The minimum atomic E-state index is 0.0629. The van der Waals surface area contributed by atoms with E-state index in [2.05, 4.69) is 25.2 Å². The Morgan fingerprint density at radius 1 is 1.29 bits per heavy atom. The van der Waals surface area contributed by atoms with Crippen LogP contribution >= 0.6 is 0 Å². The van der Waals surface area contributed by atoms with Crippen molar-refractivity contribution in [1.29, 1.82) is 0 Å². The third-order valence-corrected chi connectivity index (χ3v) is 7.33. The number of aliphatic hydroxyl groups excluding tert-OH is 1. The summed E-state index contributed by atoms with van der Waals surface area (Å²) in [6.07, 6.45) is 14.1. The van der Waals surface area contributed by atoms with Crippen LogP contribution in [0.5, 0.6) is 0 Å². The molecule has 0 spiro atoms. The fourth-order valence-electron chi connectivity index (χ4n) is 6.03. The van der Waals surface area contributed by atoms with Gasteiger partial charge in [-0.05, 0) is 55.3 Å². The van der Waals surface area contributed by atoms with E-state index in [0.29, 0.717) is 30.6 Å². The van der Waals surface area contributed by atoms with Crippen molar-refractivity contribution in [1.82, 2.24) is 0 Å². The molecule has 2 heteroatoms. The zero-order chi connectivity index (χ0) is 14.7. The second kappa shape index (κ2) is 4.55. The third-order valence-electron chi connectivity index (χ3n) is 7.33. The van der Waals surface area contributed by atoms with E-state index in [1.807, 2.05) is 0 Å². The predicted molar refractivity (Wildman–Crippen MR) is 82.6 cm³/mol. The topological polar surface area (TPSA) is 37.3 Å². The number of rotatable bonds is 1. The molecular formula is C19H26O2. The number of fused-ring (bicyclic) bond motifs is 5. The Hall–Kier alpha value is -0.890. The van der Waals surface area contributed by atoms with Crippen molar-refractivity contribution >= 4 is 5.78 Å². The van der Waals surface area contributed by atoms with Gasteiger partial charge in [-0.2, -0.15) is 0 Å². The average Bonchev–Trinajstić information content (AvgIpc) is 2.92. The van der Waals surface area contributed by atoms with E-state index in [1.165, 1.54) is 12.0 Å². The van der Waals surface area contributed by atoms with Gasteiger partial charge in [0.25, 0.3) is 0 Å². The number of hydrogen-bond acceptors (Lipinski definition) is 2. The first-order valence-electron chi connectivity index (χ1n) is 8.59. The number of allylic oxidation sites excluding steroid dienone is 3. The molecule has 4 aliphatic rings. The highest BCUT2D eigenvalue weighted by Gasteiger charge is 2.55. The van der Waals surface area contributed by atoms with E-state index in [1.54, 1.807) is 0 Å². The largest absolute Gasteiger partial charge is 0.395 e. The molecule has 3 unspecified atom stereocenters. The van der Waals surface area contributed by atoms with Crippen molar-refractivity contribution in [2.75, 3.05) is 6.61 Å². The van der Waals surface area contributed by atoms with Crippen LogP contribution in [0, 0.1) is 28.6 Å². The van der Waals surface area contributed by atoms with Gasteiger partial charge in [0, 0.05) is 18.3 Å². The molecule has 1 N–H and O–H groups in total. The lowest BCUT2D eigenvalue weighted by molar-refractivity contribution is -0.122. The molecule has 0 aromatic heterocycles. The van der Waals surface area contributed by atoms with Gasteiger partial charge < -0.3 is 5.11 Å². The number of carbonyl (C=O) groups excluding carboxylic acids is 1. The molecule has 0 saturated heterocycles. The van der Waals surface area contributed by atoms with E-state index >= 15 is 0 Å². The number of aliphatic hydroxyl groups is 1. The number of Topliss-reactive ketones (excluding diaryl/α,β-unsaturated/α-hetero) is 1. The van der Waals surface area contributed by atoms with Crippen molar-refractivity contribution in [3.8, 4) is 0 Å². The van der Waals surface area contributed by atoms with Crippen LogP contribution in [0.25, 0.3) is 0 Å². The lowest BCUT2D eigenvalue weighted by atomic mass is 9.48. The summed E-state index contributed by atoms with van der Waals surface area (Å²) in [6, 6.07) is 0. The average molecular weight is 286 g/mol. The molecule has 21 heavy (non-hydrogen) atoms. The summed E-state index contributed by atoms with van der Waals surface area (Å²) >= 11 is 0. The van der Waals surface area contributed by atoms with Crippen molar-refractivity contribution in [2.45, 2.75) is 51.9 Å². The fraction of sp³-hybridized carbons (Fsp3) is 0.737. The first-order chi connectivity index (χ1) is 10.1. The standard InChI is InChI=1S/C19H26O2/c1-18-9-6-14(21)11-13(18)4-5-15-16(18)7-10-19(12-20)8-2-3-17(15)19/h2,4,8,15-17,20H,3,5-7,9-12H2,1H3/t15?,16?,17?,18-,19-/m0/s1. The van der Waals surface area contributed by atoms with Gasteiger partial charge in [0.05, 0.1) is 6.61 Å². The molecule has 4 rings (SSSR count). The lowest BCUT2D eigenvalue weighted by Gasteiger charge is -2.56. The van der Waals surface area contributed by atoms with Gasteiger partial charge >= 0.3 is 0 Å². The zero-order valence-electron chi connectivity index (χ0n) is 13.0. The Morgan fingerprint density at radius 2 is 2.14 bits per heavy atom. The van der Waals surface area contributed by atoms with Crippen LogP contribution in [0.2, 0.25) is 0 Å². The molecule has 0 aromatic rings. The van der Waals surface area contributed by atoms with Gasteiger partial charge in [-0.15, -0.1) is 0 Å². The van der Waals surface area contributed by atoms with Crippen molar-refractivity contribution in [3.63, 3.8) is 0 Å². The summed E-state index contributed by atoms with van der Waals surface area (Å²) in [4.78, 5) is 11.8. The molecule has 0 heterocycles. The minimum absolute atomic E-state index is 0.0629. The van der Waals surface area contributed by atoms with Crippen LogP contribution in [0.1, 0.15) is 51.9 Å². The molecule has 114 valence electrons. The molecule has 0 bridgehead atoms. The fourth-order valence-corrected chi connectivity index (χ4v) is 6.03. The summed E-state index contributed by atoms with van der Waals surface area (Å²) in [7, 11) is 0. The van der Waals surface area contributed by atoms with Crippen LogP contribution in [-0.2, 0) is 4.79 Å². The molecule has 2 nitrogen and oxygen atoms in total. The Bertz CT molecular complexity index is 532. The Morgan fingerprint density at radius 3 is 2.95 bits per heavy atom. The van der Waals surface area contributed by atoms with Gasteiger partial charge in [0.2, 0.25) is 0 Å². The van der Waals surface area contributed by atoms with Crippen LogP contribution < -0.4 is 0 Å². The third kappa shape index (κ3) is 1.78. The lowest BCUT2D eigenvalue weighted by Crippen LogP contribution is -2.50. The number of carbonyl (C=O) groups is 1. The molecule has 2 fully saturated rings. The summed E-state index contributed by atoms with van der Waals surface area (Å²) in [5, 5.41) is 9.96. The summed E-state index contributed by atoms with van der Waals surface area (Å²) < 4.78 is 0. The van der Waals surface area contributed by atoms with Crippen LogP contribution in [0.15, 0.2) is 23.8 Å². The van der Waals surface area contributed by atoms with E-state index in [-0.39, 0.29) is 10.8 Å². The van der Waals surface area contributed by atoms with Crippen LogP contribution in [-0.4, -0.2) is 17.5 Å². The Balaban J connectivity index is 1.69. The number of hydrogen-bond donors (Lipinski definition) is 1. The Labute approximate surface area is 127 Å². The maximum absolute atomic E-state index is 11.8. The van der Waals surface area contributed by atoms with E-state index in [9.17, 15) is 9.90 Å². The van der Waals surface area contributed by atoms with Gasteiger partial charge in [-0.3, -0.25) is 4.79 Å². The molecule has 2 saturated carbocycles. The summed E-state index contributed by atoms with van der Waals surface area (Å²) in [5.74, 6) is 2.46. The molecule has 0 aromatic carbocycles. The molecular weight excluding hydrogens is 260 g/mol. The highest BCUT2D eigenvalue weighted by molar-refractivity contribution is 5.82. The molecule has 0 aliphatic heterocycles. The van der Waals surface area contributed by atoms with Gasteiger partial charge in [0.1, 0.15) is 5.78 Å². The van der Waals surface area contributed by atoms with Gasteiger partial charge in [0.15, 0.2) is 0 Å². The van der Waals surface area contributed by atoms with Crippen molar-refractivity contribution in [2.24, 2.45) is 28.6 Å². The highest BCUT2D eigenvalue weighted by atomic mass is 16.3. The predicted octanol–water partition coefficient (Wildman–Crippen LogP) is 3.66. The molecule has 4 aliphatic carbocycles. The smallest absolute Gasteiger partial charge is 0.136 e. The van der Waals surface area contributed by atoms with Crippen molar-refractivity contribution < 1.29 is 9.90 Å². The van der Waals surface area contributed by atoms with Gasteiger partial charge in [-0.1, -0.05) is 30.7 Å². The quantitative estimate of drug-likeness (QED) is 0.747. The molecule has 5 atom stereocenters. The monoisotopic (exact) mass is 286 g/mol. The van der Waals surface area contributed by atoms with Crippen LogP contribution in [0.3, 0.4) is 0 Å². The van der Waals surface area contributed by atoms with E-state index < -0.39 is 0 Å². The normalized spacial score (nSPS) is 48.4. The van der Waals surface area contributed by atoms with E-state index in [4.69, 9.17) is 0 Å². The number of ketones is 1. The summed E-state index contributed by atoms with van der Waals surface area (Å²) in [5.41, 5.74) is 1.75. The Kier molecular flexibility index (Phi) is 2.98. The first-order valence-corrected chi connectivity index (χ1v) is 8.59. The second-order valence-electron chi connectivity index (χ2n) is 8.04. The molecule has 0 radical (unpaired) electrons. The van der Waals surface area contributed by atoms with Gasteiger partial charge in [-0.25, -0.2) is 0 Å². The molecule has 0 amide bonds. The van der Waals surface area contributed by atoms with E-state index in [0.717, 1.165) is 38.0 Å². The maximum atomic E-state index is 11.8. The van der Waals surface area contributed by atoms with Crippen molar-refractivity contribution in [3.05, 3.63) is 23.8 Å². The SMILES string of the molecule is C[C@]12CCC(=O)CC1=CCC1C3CC=C[C@@]3(CO)CCC12. The highest BCUT2D eigenvalue weighted by Crippen LogP contribution is 2.63. The first kappa shape index (κ1) is 13.8. The zero-order valence-corrected chi connectivity index (χ0v) is 13.0. The maximum Gasteiger partial charge on any atom is 0.136 e. The summed E-state index contributed by atoms with van der Waals surface area (Å²) in [6.45, 7) is 2.72. The van der Waals surface area contributed by atoms with Crippen LogP contribution in [0.4, 0.5) is 0 Å². The minimum Gasteiger partial charge on any atom is -0.395 e.